The summed E-state index contributed by atoms with van der Waals surface area (Å²) in [5.41, 5.74) is 4.18. The third-order valence-corrected chi connectivity index (χ3v) is 5.64. The number of carboxylic acid groups (broad SMARTS) is 1. The van der Waals surface area contributed by atoms with Gasteiger partial charge < -0.3 is 20.3 Å². The predicted octanol–water partition coefficient (Wildman–Crippen LogP) is 3.01. The molecule has 0 spiro atoms. The molecule has 0 unspecified atom stereocenters. The number of hydrogen-bond donors (Lipinski definition) is 4. The maximum Gasteiger partial charge on any atom is 0.411 e. The number of benzene rings is 2. The van der Waals surface area contributed by atoms with Gasteiger partial charge in [0, 0.05) is 12.1 Å². The van der Waals surface area contributed by atoms with E-state index >= 15 is 0 Å². The second-order valence-corrected chi connectivity index (χ2v) is 7.88. The number of hydrogen-bond acceptors (Lipinski definition) is 6. The third kappa shape index (κ3) is 4.60. The van der Waals surface area contributed by atoms with Gasteiger partial charge in [0.2, 0.25) is 0 Å². The molecule has 9 heteroatoms. The van der Waals surface area contributed by atoms with Crippen LogP contribution < -0.4 is 10.6 Å². The molecular formula is C25H23N3O6. The molecule has 1 aliphatic rings. The lowest BCUT2D eigenvalue weighted by molar-refractivity contribution is -0.141. The van der Waals surface area contributed by atoms with Crippen LogP contribution in [0.3, 0.4) is 0 Å². The van der Waals surface area contributed by atoms with Gasteiger partial charge in [-0.15, -0.1) is 0 Å². The number of rotatable bonds is 7. The van der Waals surface area contributed by atoms with Crippen LogP contribution in [-0.2, 0) is 9.53 Å². The zero-order chi connectivity index (χ0) is 24.2. The minimum Gasteiger partial charge on any atom is -0.480 e. The lowest BCUT2D eigenvalue weighted by Crippen LogP contribution is -2.48. The van der Waals surface area contributed by atoms with E-state index in [2.05, 4.69) is 15.6 Å². The van der Waals surface area contributed by atoms with Gasteiger partial charge in [0.05, 0.1) is 11.8 Å². The summed E-state index contributed by atoms with van der Waals surface area (Å²) in [5, 5.41) is 23.5. The molecule has 2 atom stereocenters. The number of nitrogens with one attached hydrogen (secondary N) is 2. The number of aromatic nitrogens is 1. The lowest BCUT2D eigenvalue weighted by Gasteiger charge is -2.18. The van der Waals surface area contributed by atoms with Crippen LogP contribution >= 0.6 is 0 Å². The number of aliphatic carboxylic acids is 1. The number of fused-ring (bicyclic) bond motifs is 3. The standard InChI is InChI=1S/C25H23N3O6/c1-14(29)21(24(31)32)28-23(30)22-20(11-6-12-26-22)27-25(33)34-13-19-17-9-4-2-7-15(17)16-8-3-5-10-18(16)19/h2-12,14,19,21,29H,13H2,1H3,(H,27,33)(H,28,30)(H,31,32)/t14-,21+/m1/s1. The van der Waals surface area contributed by atoms with Crippen LogP contribution in [0, 0.1) is 0 Å². The molecule has 0 bridgehead atoms. The predicted molar refractivity (Wildman–Crippen MR) is 123 cm³/mol. The van der Waals surface area contributed by atoms with Gasteiger partial charge in [-0.05, 0) is 41.3 Å². The van der Waals surface area contributed by atoms with Crippen molar-refractivity contribution in [2.45, 2.75) is 25.0 Å². The van der Waals surface area contributed by atoms with Crippen LogP contribution in [-0.4, -0.2) is 51.9 Å². The zero-order valence-electron chi connectivity index (χ0n) is 18.3. The summed E-state index contributed by atoms with van der Waals surface area (Å²) in [6, 6.07) is 17.3. The van der Waals surface area contributed by atoms with E-state index in [1.165, 1.54) is 25.3 Å². The van der Waals surface area contributed by atoms with Crippen LogP contribution in [0.2, 0.25) is 0 Å². The first-order valence-corrected chi connectivity index (χ1v) is 10.7. The van der Waals surface area contributed by atoms with Crippen LogP contribution in [0.25, 0.3) is 11.1 Å². The average Bonchev–Trinajstić information content (AvgIpc) is 3.14. The van der Waals surface area contributed by atoms with Gasteiger partial charge in [0.1, 0.15) is 6.61 Å². The van der Waals surface area contributed by atoms with E-state index < -0.39 is 30.1 Å². The van der Waals surface area contributed by atoms with Crippen molar-refractivity contribution in [1.29, 1.82) is 0 Å². The van der Waals surface area contributed by atoms with E-state index in [9.17, 15) is 24.6 Å². The Bertz CT molecular complexity index is 1200. The highest BCUT2D eigenvalue weighted by molar-refractivity contribution is 6.02. The highest BCUT2D eigenvalue weighted by Crippen LogP contribution is 2.44. The van der Waals surface area contributed by atoms with Crippen LogP contribution in [0.1, 0.15) is 34.5 Å². The summed E-state index contributed by atoms with van der Waals surface area (Å²) < 4.78 is 5.49. The minimum absolute atomic E-state index is 0.0481. The highest BCUT2D eigenvalue weighted by Gasteiger charge is 2.30. The number of pyridine rings is 1. The van der Waals surface area contributed by atoms with Gasteiger partial charge in [0.25, 0.3) is 5.91 Å². The van der Waals surface area contributed by atoms with Crippen molar-refractivity contribution in [3.63, 3.8) is 0 Å². The van der Waals surface area contributed by atoms with Crippen LogP contribution in [0.15, 0.2) is 66.9 Å². The van der Waals surface area contributed by atoms with Crippen molar-refractivity contribution >= 4 is 23.7 Å². The number of anilines is 1. The molecule has 2 aromatic carbocycles. The van der Waals surface area contributed by atoms with Gasteiger partial charge >= 0.3 is 12.1 Å². The van der Waals surface area contributed by atoms with E-state index in [1.54, 1.807) is 0 Å². The Morgan fingerprint density at radius 2 is 1.62 bits per heavy atom. The molecular weight excluding hydrogens is 438 g/mol. The molecule has 0 aliphatic heterocycles. The molecule has 4 rings (SSSR count). The largest absolute Gasteiger partial charge is 0.480 e. The van der Waals surface area contributed by atoms with E-state index in [0.717, 1.165) is 22.3 Å². The molecule has 4 N–H and O–H groups in total. The Kier molecular flexibility index (Phi) is 6.55. The molecule has 34 heavy (non-hydrogen) atoms. The van der Waals surface area contributed by atoms with Crippen molar-refractivity contribution in [3.05, 3.63) is 83.7 Å². The van der Waals surface area contributed by atoms with Crippen molar-refractivity contribution in [2.75, 3.05) is 11.9 Å². The van der Waals surface area contributed by atoms with Crippen molar-refractivity contribution < 1.29 is 29.3 Å². The smallest absolute Gasteiger partial charge is 0.411 e. The Labute approximate surface area is 195 Å². The van der Waals surface area contributed by atoms with Gasteiger partial charge in [-0.25, -0.2) is 14.6 Å². The minimum atomic E-state index is -1.53. The molecule has 3 aromatic rings. The summed E-state index contributed by atoms with van der Waals surface area (Å²) in [6.07, 6.45) is -0.784. The molecule has 0 saturated carbocycles. The van der Waals surface area contributed by atoms with E-state index in [1.807, 2.05) is 48.5 Å². The van der Waals surface area contributed by atoms with Crippen molar-refractivity contribution in [2.24, 2.45) is 0 Å². The van der Waals surface area contributed by atoms with Gasteiger partial charge in [-0.1, -0.05) is 48.5 Å². The number of carbonyl (C=O) groups excluding carboxylic acids is 2. The second kappa shape index (κ2) is 9.72. The number of carboxylic acids is 1. The highest BCUT2D eigenvalue weighted by atomic mass is 16.5. The maximum absolute atomic E-state index is 12.6. The Balaban J connectivity index is 1.46. The van der Waals surface area contributed by atoms with Crippen molar-refractivity contribution in [1.82, 2.24) is 10.3 Å². The molecule has 0 saturated heterocycles. The topological polar surface area (TPSA) is 138 Å². The molecule has 1 aliphatic carbocycles. The number of nitrogens with zero attached hydrogens (tertiary/aromatic N) is 1. The molecule has 174 valence electrons. The van der Waals surface area contributed by atoms with E-state index in [-0.39, 0.29) is 23.9 Å². The fourth-order valence-electron chi connectivity index (χ4n) is 4.03. The summed E-state index contributed by atoms with van der Waals surface area (Å²) in [4.78, 5) is 40.4. The van der Waals surface area contributed by atoms with Gasteiger partial charge in [-0.2, -0.15) is 0 Å². The normalized spacial score (nSPS) is 13.8. The fourth-order valence-corrected chi connectivity index (χ4v) is 4.03. The maximum atomic E-state index is 12.6. The quantitative estimate of drug-likeness (QED) is 0.424. The second-order valence-electron chi connectivity index (χ2n) is 7.88. The van der Waals surface area contributed by atoms with Crippen LogP contribution in [0.4, 0.5) is 10.5 Å². The molecule has 2 amide bonds. The SMILES string of the molecule is C[C@@H](O)[C@H](NC(=O)c1ncccc1NC(=O)OCC1c2ccccc2-c2ccccc21)C(=O)O. The number of amides is 2. The van der Waals surface area contributed by atoms with Crippen LogP contribution in [0.5, 0.6) is 0 Å². The van der Waals surface area contributed by atoms with E-state index in [0.29, 0.717) is 0 Å². The van der Waals surface area contributed by atoms with Gasteiger partial charge in [0.15, 0.2) is 11.7 Å². The Morgan fingerprint density at radius 3 is 2.21 bits per heavy atom. The number of aliphatic hydroxyl groups excluding tert-OH is 1. The first kappa shape index (κ1) is 22.9. The van der Waals surface area contributed by atoms with E-state index in [4.69, 9.17) is 4.74 Å². The lowest BCUT2D eigenvalue weighted by atomic mass is 9.98. The summed E-state index contributed by atoms with van der Waals surface area (Å²) in [6.45, 7) is 1.33. The molecule has 1 aromatic heterocycles. The fraction of sp³-hybridized carbons (Fsp3) is 0.200. The summed E-state index contributed by atoms with van der Waals surface area (Å²) in [5.74, 6) is -2.38. The molecule has 0 radical (unpaired) electrons. The average molecular weight is 461 g/mol. The number of carbonyl (C=O) groups is 3. The first-order valence-electron chi connectivity index (χ1n) is 10.7. The summed E-state index contributed by atoms with van der Waals surface area (Å²) >= 11 is 0. The zero-order valence-corrected chi connectivity index (χ0v) is 18.3. The molecule has 1 heterocycles. The molecule has 0 fully saturated rings. The number of aliphatic hydroxyl groups is 1. The Morgan fingerprint density at radius 1 is 1.00 bits per heavy atom. The third-order valence-electron chi connectivity index (χ3n) is 5.64. The van der Waals surface area contributed by atoms with Crippen molar-refractivity contribution in [3.8, 4) is 11.1 Å². The molecule has 9 nitrogen and oxygen atoms in total. The Hall–Kier alpha value is -4.24. The first-order chi connectivity index (χ1) is 16.4. The van der Waals surface area contributed by atoms with Gasteiger partial charge in [-0.3, -0.25) is 10.1 Å². The number of ether oxygens (including phenoxy) is 1. The monoisotopic (exact) mass is 461 g/mol. The summed E-state index contributed by atoms with van der Waals surface area (Å²) in [7, 11) is 0.